The highest BCUT2D eigenvalue weighted by Gasteiger charge is 2.15. The van der Waals surface area contributed by atoms with Crippen LogP contribution in [0.25, 0.3) is 11.3 Å². The minimum Gasteiger partial charge on any atom is -0.480 e. The Morgan fingerprint density at radius 2 is 2.22 bits per heavy atom. The van der Waals surface area contributed by atoms with Crippen molar-refractivity contribution in [3.63, 3.8) is 0 Å². The number of hydrogen-bond donors (Lipinski definition) is 2. The van der Waals surface area contributed by atoms with Crippen molar-refractivity contribution < 1.29 is 9.90 Å². The van der Waals surface area contributed by atoms with Crippen LogP contribution in [0.2, 0.25) is 0 Å². The van der Waals surface area contributed by atoms with Gasteiger partial charge in [-0.2, -0.15) is 0 Å². The van der Waals surface area contributed by atoms with Crippen molar-refractivity contribution in [3.8, 4) is 11.3 Å². The van der Waals surface area contributed by atoms with Crippen molar-refractivity contribution in [2.75, 3.05) is 0 Å². The number of carboxylic acid groups (broad SMARTS) is 1. The summed E-state index contributed by atoms with van der Waals surface area (Å²) in [6.45, 7) is 2.03. The van der Waals surface area contributed by atoms with Crippen LogP contribution in [0, 0.1) is 6.92 Å². The molecular formula is C13H14N2O2S. The van der Waals surface area contributed by atoms with Gasteiger partial charge in [0.05, 0.1) is 10.7 Å². The molecule has 94 valence electrons. The minimum atomic E-state index is -0.998. The number of benzene rings is 1. The SMILES string of the molecule is Cc1ccccc1-c1csc(CC(N)C(=O)O)n1. The van der Waals surface area contributed by atoms with Crippen LogP contribution in [-0.4, -0.2) is 22.1 Å². The lowest BCUT2D eigenvalue weighted by Gasteiger charge is -2.03. The van der Waals surface area contributed by atoms with Gasteiger partial charge < -0.3 is 10.8 Å². The quantitative estimate of drug-likeness (QED) is 0.884. The maximum Gasteiger partial charge on any atom is 0.320 e. The van der Waals surface area contributed by atoms with Crippen LogP contribution in [0.1, 0.15) is 10.6 Å². The van der Waals surface area contributed by atoms with Crippen LogP contribution in [0.4, 0.5) is 0 Å². The van der Waals surface area contributed by atoms with Crippen LogP contribution in [-0.2, 0) is 11.2 Å². The monoisotopic (exact) mass is 262 g/mol. The van der Waals surface area contributed by atoms with Crippen LogP contribution >= 0.6 is 11.3 Å². The smallest absolute Gasteiger partial charge is 0.320 e. The Morgan fingerprint density at radius 1 is 1.50 bits per heavy atom. The highest BCUT2D eigenvalue weighted by molar-refractivity contribution is 7.10. The topological polar surface area (TPSA) is 76.2 Å². The molecule has 0 fully saturated rings. The minimum absolute atomic E-state index is 0.270. The van der Waals surface area contributed by atoms with Crippen molar-refractivity contribution in [1.29, 1.82) is 0 Å². The lowest BCUT2D eigenvalue weighted by molar-refractivity contribution is -0.138. The lowest BCUT2D eigenvalue weighted by atomic mass is 10.1. The normalized spacial score (nSPS) is 12.3. The van der Waals surface area contributed by atoms with Gasteiger partial charge in [0.25, 0.3) is 0 Å². The van der Waals surface area contributed by atoms with Crippen molar-refractivity contribution in [2.24, 2.45) is 5.73 Å². The number of carboxylic acids is 1. The summed E-state index contributed by atoms with van der Waals surface area (Å²) in [7, 11) is 0. The molecule has 0 spiro atoms. The van der Waals surface area contributed by atoms with Gasteiger partial charge in [-0.25, -0.2) is 4.98 Å². The third kappa shape index (κ3) is 2.75. The molecule has 0 saturated heterocycles. The largest absolute Gasteiger partial charge is 0.480 e. The molecule has 0 radical (unpaired) electrons. The Hall–Kier alpha value is -1.72. The second-order valence-electron chi connectivity index (χ2n) is 4.09. The van der Waals surface area contributed by atoms with Crippen LogP contribution < -0.4 is 5.73 Å². The van der Waals surface area contributed by atoms with Crippen molar-refractivity contribution in [1.82, 2.24) is 4.98 Å². The van der Waals surface area contributed by atoms with Crippen molar-refractivity contribution in [2.45, 2.75) is 19.4 Å². The first-order chi connectivity index (χ1) is 8.58. The summed E-state index contributed by atoms with van der Waals surface area (Å²) in [5, 5.41) is 11.5. The van der Waals surface area contributed by atoms with Crippen molar-refractivity contribution in [3.05, 3.63) is 40.2 Å². The van der Waals surface area contributed by atoms with Gasteiger partial charge in [0, 0.05) is 17.4 Å². The summed E-state index contributed by atoms with van der Waals surface area (Å²) in [6.07, 6.45) is 0.270. The van der Waals surface area contributed by atoms with E-state index < -0.39 is 12.0 Å². The molecule has 1 unspecified atom stereocenters. The Kier molecular flexibility index (Phi) is 3.74. The van der Waals surface area contributed by atoms with Crippen LogP contribution in [0.15, 0.2) is 29.6 Å². The summed E-state index contributed by atoms with van der Waals surface area (Å²) < 4.78 is 0. The summed E-state index contributed by atoms with van der Waals surface area (Å²) >= 11 is 1.44. The molecule has 2 rings (SSSR count). The summed E-state index contributed by atoms with van der Waals surface area (Å²) in [6, 6.07) is 7.08. The summed E-state index contributed by atoms with van der Waals surface area (Å²) in [5.74, 6) is -0.998. The molecule has 0 aliphatic rings. The zero-order valence-electron chi connectivity index (χ0n) is 9.96. The zero-order chi connectivity index (χ0) is 13.1. The van der Waals surface area contributed by atoms with Gasteiger partial charge in [-0.3, -0.25) is 4.79 Å². The number of rotatable bonds is 4. The predicted octanol–water partition coefficient (Wildman–Crippen LogP) is 2.07. The zero-order valence-corrected chi connectivity index (χ0v) is 10.8. The third-order valence-corrected chi connectivity index (χ3v) is 3.56. The summed E-state index contributed by atoms with van der Waals surface area (Å²) in [5.41, 5.74) is 8.60. The maximum absolute atomic E-state index is 10.7. The van der Waals surface area contributed by atoms with E-state index in [1.54, 1.807) is 0 Å². The van der Waals surface area contributed by atoms with E-state index in [1.165, 1.54) is 11.3 Å². The second-order valence-corrected chi connectivity index (χ2v) is 5.03. The fourth-order valence-corrected chi connectivity index (χ4v) is 2.52. The van der Waals surface area contributed by atoms with E-state index in [1.807, 2.05) is 36.6 Å². The predicted molar refractivity (Wildman–Crippen MR) is 71.6 cm³/mol. The highest BCUT2D eigenvalue weighted by Crippen LogP contribution is 2.25. The fourth-order valence-electron chi connectivity index (χ4n) is 1.66. The molecule has 1 atom stereocenters. The van der Waals surface area contributed by atoms with Gasteiger partial charge in [0.1, 0.15) is 6.04 Å². The molecule has 0 aliphatic carbocycles. The molecule has 2 aromatic rings. The van der Waals surface area contributed by atoms with E-state index in [9.17, 15) is 4.79 Å². The highest BCUT2D eigenvalue weighted by atomic mass is 32.1. The average Bonchev–Trinajstić information content (AvgIpc) is 2.77. The van der Waals surface area contributed by atoms with Crippen molar-refractivity contribution >= 4 is 17.3 Å². The molecule has 3 N–H and O–H groups in total. The molecule has 1 aromatic heterocycles. The first-order valence-corrected chi connectivity index (χ1v) is 6.44. The molecule has 0 saturated carbocycles. The Morgan fingerprint density at radius 3 is 2.89 bits per heavy atom. The molecule has 0 aliphatic heterocycles. The Labute approximate surface area is 109 Å². The number of carbonyl (C=O) groups is 1. The van der Waals surface area contributed by atoms with E-state index in [2.05, 4.69) is 4.98 Å². The van der Waals surface area contributed by atoms with Gasteiger partial charge in [0.2, 0.25) is 0 Å². The molecule has 0 amide bonds. The van der Waals surface area contributed by atoms with Crippen LogP contribution in [0.3, 0.4) is 0 Å². The molecule has 4 nitrogen and oxygen atoms in total. The maximum atomic E-state index is 10.7. The number of nitrogens with two attached hydrogens (primary N) is 1. The molecule has 18 heavy (non-hydrogen) atoms. The molecule has 1 heterocycles. The fraction of sp³-hybridized carbons (Fsp3) is 0.231. The Bertz CT molecular complexity index is 566. The van der Waals surface area contributed by atoms with E-state index in [0.29, 0.717) is 0 Å². The van der Waals surface area contributed by atoms with E-state index in [4.69, 9.17) is 10.8 Å². The first-order valence-electron chi connectivity index (χ1n) is 5.56. The number of aromatic nitrogens is 1. The number of hydrogen-bond acceptors (Lipinski definition) is 4. The van der Waals surface area contributed by atoms with Gasteiger partial charge in [-0.15, -0.1) is 11.3 Å². The van der Waals surface area contributed by atoms with Crippen LogP contribution in [0.5, 0.6) is 0 Å². The second kappa shape index (κ2) is 5.29. The number of aryl methyl sites for hydroxylation is 1. The van der Waals surface area contributed by atoms with Gasteiger partial charge in [0.15, 0.2) is 0 Å². The van der Waals surface area contributed by atoms with Gasteiger partial charge in [-0.1, -0.05) is 24.3 Å². The van der Waals surface area contributed by atoms with E-state index >= 15 is 0 Å². The van der Waals surface area contributed by atoms with Gasteiger partial charge in [-0.05, 0) is 12.5 Å². The molecule has 5 heteroatoms. The molecular weight excluding hydrogens is 248 g/mol. The molecule has 1 aromatic carbocycles. The number of aliphatic carboxylic acids is 1. The van der Waals surface area contributed by atoms with Gasteiger partial charge >= 0.3 is 5.97 Å². The Balaban J connectivity index is 2.21. The van der Waals surface area contributed by atoms with E-state index in [0.717, 1.165) is 21.8 Å². The van der Waals surface area contributed by atoms with E-state index in [-0.39, 0.29) is 6.42 Å². The lowest BCUT2D eigenvalue weighted by Crippen LogP contribution is -2.32. The number of nitrogens with zero attached hydrogens (tertiary/aromatic N) is 1. The third-order valence-electron chi connectivity index (χ3n) is 2.68. The molecule has 0 bridgehead atoms. The average molecular weight is 262 g/mol. The standard InChI is InChI=1S/C13H14N2O2S/c1-8-4-2-3-5-9(8)11-7-18-12(15-11)6-10(14)13(16)17/h2-5,7,10H,6,14H2,1H3,(H,16,17). The summed E-state index contributed by atoms with van der Waals surface area (Å²) in [4.78, 5) is 15.1. The first kappa shape index (κ1) is 12.7. The number of thiazole rings is 1.